The maximum Gasteiger partial charge on any atom is 0.247 e. The summed E-state index contributed by atoms with van der Waals surface area (Å²) >= 11 is 0. The Kier molecular flexibility index (Phi) is 5.97. The molecule has 4 rings (SSSR count). The van der Waals surface area contributed by atoms with E-state index in [0.717, 1.165) is 48.6 Å². The maximum absolute atomic E-state index is 13.1. The molecule has 0 aliphatic heterocycles. The van der Waals surface area contributed by atoms with Crippen LogP contribution in [0, 0.1) is 5.92 Å². The predicted octanol–water partition coefficient (Wildman–Crippen LogP) is 3.51. The van der Waals surface area contributed by atoms with Gasteiger partial charge in [0.2, 0.25) is 11.8 Å². The van der Waals surface area contributed by atoms with Gasteiger partial charge in [-0.25, -0.2) is 0 Å². The van der Waals surface area contributed by atoms with Crippen LogP contribution in [0.3, 0.4) is 0 Å². The summed E-state index contributed by atoms with van der Waals surface area (Å²) in [7, 11) is 0. The Hall–Kier alpha value is -3.35. The molecule has 1 aliphatic rings. The highest BCUT2D eigenvalue weighted by Gasteiger charge is 2.27. The second-order valence-corrected chi connectivity index (χ2v) is 7.87. The number of phenolic OH excluding ortho intramolecular Hbond substituents is 1. The van der Waals surface area contributed by atoms with E-state index in [1.165, 1.54) is 0 Å². The molecule has 4 N–H and O–H groups in total. The van der Waals surface area contributed by atoms with Crippen LogP contribution >= 0.6 is 0 Å². The number of fused-ring (bicyclic) bond motifs is 1. The average molecular weight is 406 g/mol. The molecule has 1 aliphatic carbocycles. The second kappa shape index (κ2) is 8.98. The molecule has 1 atom stereocenters. The smallest absolute Gasteiger partial charge is 0.247 e. The van der Waals surface area contributed by atoms with Crippen molar-refractivity contribution in [3.63, 3.8) is 0 Å². The van der Waals surface area contributed by atoms with Crippen molar-refractivity contribution in [1.82, 2.24) is 15.3 Å². The van der Waals surface area contributed by atoms with Gasteiger partial charge in [-0.1, -0.05) is 19.3 Å². The molecule has 0 radical (unpaired) electrons. The molecule has 7 nitrogen and oxygen atoms in total. The number of carbonyl (C=O) groups excluding carboxylic acids is 2. The van der Waals surface area contributed by atoms with Gasteiger partial charge in [-0.15, -0.1) is 0 Å². The minimum absolute atomic E-state index is 0.0398. The third-order valence-corrected chi connectivity index (χ3v) is 5.73. The zero-order valence-electron chi connectivity index (χ0n) is 16.7. The number of aromatic nitrogens is 2. The number of aromatic amines is 1. The average Bonchev–Trinajstić information content (AvgIpc) is 3.16. The molecule has 1 fully saturated rings. The van der Waals surface area contributed by atoms with Crippen molar-refractivity contribution in [1.29, 1.82) is 0 Å². The van der Waals surface area contributed by atoms with Gasteiger partial charge in [-0.3, -0.25) is 14.6 Å². The Morgan fingerprint density at radius 1 is 1.13 bits per heavy atom. The summed E-state index contributed by atoms with van der Waals surface area (Å²) in [4.78, 5) is 33.0. The number of aromatic hydroxyl groups is 1. The first kappa shape index (κ1) is 19.9. The number of pyridine rings is 1. The minimum Gasteiger partial charge on any atom is -0.508 e. The van der Waals surface area contributed by atoms with Crippen LogP contribution in [0.4, 0.5) is 5.69 Å². The number of anilines is 1. The molecule has 156 valence electrons. The van der Waals surface area contributed by atoms with Gasteiger partial charge in [0.15, 0.2) is 0 Å². The van der Waals surface area contributed by atoms with E-state index in [9.17, 15) is 14.7 Å². The van der Waals surface area contributed by atoms with E-state index in [-0.39, 0.29) is 23.5 Å². The first-order chi connectivity index (χ1) is 14.6. The molecule has 2 aromatic heterocycles. The number of hydrogen-bond donors (Lipinski definition) is 4. The highest BCUT2D eigenvalue weighted by Crippen LogP contribution is 2.26. The van der Waals surface area contributed by atoms with Gasteiger partial charge in [0.05, 0.1) is 0 Å². The third kappa shape index (κ3) is 4.62. The Morgan fingerprint density at radius 2 is 1.90 bits per heavy atom. The molecular formula is C23H26N4O3. The van der Waals surface area contributed by atoms with Crippen molar-refractivity contribution >= 4 is 28.4 Å². The lowest BCUT2D eigenvalue weighted by molar-refractivity contribution is -0.130. The number of H-pyrrole nitrogens is 1. The fraction of sp³-hybridized carbons (Fsp3) is 0.348. The predicted molar refractivity (Wildman–Crippen MR) is 115 cm³/mol. The van der Waals surface area contributed by atoms with Gasteiger partial charge in [0.25, 0.3) is 0 Å². The van der Waals surface area contributed by atoms with Crippen LogP contribution in [0.2, 0.25) is 0 Å². The molecule has 3 aromatic rings. The molecular weight excluding hydrogens is 380 g/mol. The van der Waals surface area contributed by atoms with E-state index >= 15 is 0 Å². The van der Waals surface area contributed by atoms with E-state index in [4.69, 9.17) is 0 Å². The fourth-order valence-electron chi connectivity index (χ4n) is 4.08. The minimum atomic E-state index is -0.728. The zero-order valence-corrected chi connectivity index (χ0v) is 16.7. The van der Waals surface area contributed by atoms with Gasteiger partial charge in [0.1, 0.15) is 11.8 Å². The number of carbonyl (C=O) groups is 2. The summed E-state index contributed by atoms with van der Waals surface area (Å²) in [5, 5.41) is 16.5. The third-order valence-electron chi connectivity index (χ3n) is 5.73. The lowest BCUT2D eigenvalue weighted by Gasteiger charge is -2.24. The quantitative estimate of drug-likeness (QED) is 0.502. The number of nitrogens with one attached hydrogen (secondary N) is 3. The van der Waals surface area contributed by atoms with Gasteiger partial charge in [-0.2, -0.15) is 0 Å². The molecule has 0 saturated heterocycles. The van der Waals surface area contributed by atoms with Crippen LogP contribution in [-0.4, -0.2) is 32.9 Å². The highest BCUT2D eigenvalue weighted by molar-refractivity contribution is 5.98. The number of benzene rings is 1. The van der Waals surface area contributed by atoms with Crippen LogP contribution in [0.25, 0.3) is 10.9 Å². The van der Waals surface area contributed by atoms with Gasteiger partial charge in [0, 0.05) is 47.5 Å². The SMILES string of the molecule is O=C(N[C@@H](Cc1c[nH]c2ccc(O)cc12)C(=O)Nc1ccncc1)C1CCCCC1. The standard InChI is InChI=1S/C23H26N4O3/c28-18-6-7-20-19(13-18)16(14-25-20)12-21(23(30)26-17-8-10-24-11-9-17)27-22(29)15-4-2-1-3-5-15/h6-11,13-15,21,25,28H,1-5,12H2,(H,27,29)(H,24,26,30)/t21-/m0/s1. The van der Waals surface area contributed by atoms with E-state index in [0.29, 0.717) is 12.1 Å². The lowest BCUT2D eigenvalue weighted by Crippen LogP contribution is -2.47. The highest BCUT2D eigenvalue weighted by atomic mass is 16.3. The Morgan fingerprint density at radius 3 is 2.67 bits per heavy atom. The number of nitrogens with zero attached hydrogens (tertiary/aromatic N) is 1. The van der Waals surface area contributed by atoms with Crippen molar-refractivity contribution in [2.45, 2.75) is 44.6 Å². The number of hydrogen-bond acceptors (Lipinski definition) is 4. The van der Waals surface area contributed by atoms with Crippen molar-refractivity contribution in [2.75, 3.05) is 5.32 Å². The van der Waals surface area contributed by atoms with E-state index < -0.39 is 6.04 Å². The monoisotopic (exact) mass is 406 g/mol. The largest absolute Gasteiger partial charge is 0.508 e. The Bertz CT molecular complexity index is 1030. The summed E-state index contributed by atoms with van der Waals surface area (Å²) in [6, 6.07) is 7.77. The summed E-state index contributed by atoms with van der Waals surface area (Å²) in [5.74, 6) is -0.221. The summed E-state index contributed by atoms with van der Waals surface area (Å²) in [6.45, 7) is 0. The Balaban J connectivity index is 1.56. The lowest BCUT2D eigenvalue weighted by atomic mass is 9.88. The molecule has 0 spiro atoms. The van der Waals surface area contributed by atoms with Crippen LogP contribution in [-0.2, 0) is 16.0 Å². The number of rotatable bonds is 6. The van der Waals surface area contributed by atoms with Crippen molar-refractivity contribution in [3.8, 4) is 5.75 Å². The normalized spacial score (nSPS) is 15.6. The first-order valence-electron chi connectivity index (χ1n) is 10.4. The van der Waals surface area contributed by atoms with Gasteiger partial charge in [-0.05, 0) is 48.7 Å². The van der Waals surface area contributed by atoms with Crippen molar-refractivity contribution in [2.24, 2.45) is 5.92 Å². The van der Waals surface area contributed by atoms with Crippen LogP contribution in [0.5, 0.6) is 5.75 Å². The molecule has 2 heterocycles. The number of amides is 2. The molecule has 2 amide bonds. The molecule has 1 saturated carbocycles. The zero-order chi connectivity index (χ0) is 20.9. The van der Waals surface area contributed by atoms with Crippen LogP contribution in [0.1, 0.15) is 37.7 Å². The first-order valence-corrected chi connectivity index (χ1v) is 10.4. The molecule has 1 aromatic carbocycles. The van der Waals surface area contributed by atoms with Gasteiger partial charge < -0.3 is 20.7 Å². The summed E-state index contributed by atoms with van der Waals surface area (Å²) < 4.78 is 0. The van der Waals surface area contributed by atoms with Crippen molar-refractivity contribution < 1.29 is 14.7 Å². The number of phenols is 1. The molecule has 0 bridgehead atoms. The molecule has 0 unspecified atom stereocenters. The Labute approximate surface area is 174 Å². The summed E-state index contributed by atoms with van der Waals surface area (Å²) in [5.41, 5.74) is 2.36. The van der Waals surface area contributed by atoms with Crippen molar-refractivity contribution in [3.05, 3.63) is 54.5 Å². The van der Waals surface area contributed by atoms with Gasteiger partial charge >= 0.3 is 0 Å². The maximum atomic E-state index is 13.1. The van der Waals surface area contributed by atoms with E-state index in [1.54, 1.807) is 42.7 Å². The molecule has 30 heavy (non-hydrogen) atoms. The summed E-state index contributed by atoms with van der Waals surface area (Å²) in [6.07, 6.45) is 10.3. The fourth-order valence-corrected chi connectivity index (χ4v) is 4.08. The van der Waals surface area contributed by atoms with Crippen LogP contribution < -0.4 is 10.6 Å². The topological polar surface area (TPSA) is 107 Å². The second-order valence-electron chi connectivity index (χ2n) is 7.87. The van der Waals surface area contributed by atoms with E-state index in [1.807, 2.05) is 6.20 Å². The van der Waals surface area contributed by atoms with E-state index in [2.05, 4.69) is 20.6 Å². The molecule has 7 heteroatoms. The van der Waals surface area contributed by atoms with Crippen LogP contribution in [0.15, 0.2) is 48.9 Å².